The van der Waals surface area contributed by atoms with Crippen LogP contribution in [0.5, 0.6) is 0 Å². The standard InChI is InChI=1S/C22H32F3N3O2/c1-2-3-4-5-6-7-12-21(30)28-15-13-27(14-16-28)17-20(29)26-19-11-9-8-10-18(19)22(23,24)25/h8-11H,2-7,12-17H2,1H3,(H,26,29). The second-order valence-corrected chi connectivity index (χ2v) is 7.77. The summed E-state index contributed by atoms with van der Waals surface area (Å²) in [4.78, 5) is 28.2. The predicted molar refractivity (Wildman–Crippen MR) is 111 cm³/mol. The number of hydrogen-bond acceptors (Lipinski definition) is 3. The number of para-hydroxylation sites is 1. The molecule has 0 saturated carbocycles. The fourth-order valence-electron chi connectivity index (χ4n) is 3.60. The maximum Gasteiger partial charge on any atom is 0.418 e. The fourth-order valence-corrected chi connectivity index (χ4v) is 3.60. The summed E-state index contributed by atoms with van der Waals surface area (Å²) in [6.07, 6.45) is 2.85. The van der Waals surface area contributed by atoms with Gasteiger partial charge in [-0.2, -0.15) is 13.2 Å². The van der Waals surface area contributed by atoms with Gasteiger partial charge in [0.2, 0.25) is 11.8 Å². The average Bonchev–Trinajstić information content (AvgIpc) is 2.70. The van der Waals surface area contributed by atoms with E-state index in [9.17, 15) is 22.8 Å². The van der Waals surface area contributed by atoms with Crippen LogP contribution in [0.4, 0.5) is 18.9 Å². The Bertz CT molecular complexity index is 686. The van der Waals surface area contributed by atoms with E-state index in [1.807, 2.05) is 9.80 Å². The van der Waals surface area contributed by atoms with Gasteiger partial charge in [0.05, 0.1) is 17.8 Å². The topological polar surface area (TPSA) is 52.7 Å². The zero-order valence-corrected chi connectivity index (χ0v) is 17.6. The van der Waals surface area contributed by atoms with Crippen LogP contribution in [-0.2, 0) is 15.8 Å². The lowest BCUT2D eigenvalue weighted by Crippen LogP contribution is -2.50. The molecule has 0 unspecified atom stereocenters. The molecule has 0 radical (unpaired) electrons. The van der Waals surface area contributed by atoms with Gasteiger partial charge < -0.3 is 10.2 Å². The fraction of sp³-hybridized carbons (Fsp3) is 0.636. The summed E-state index contributed by atoms with van der Waals surface area (Å²) in [5.74, 6) is -0.341. The number of rotatable bonds is 10. The maximum absolute atomic E-state index is 13.0. The summed E-state index contributed by atoms with van der Waals surface area (Å²) < 4.78 is 39.1. The average molecular weight is 428 g/mol. The van der Waals surface area contributed by atoms with Crippen LogP contribution in [0.15, 0.2) is 24.3 Å². The molecule has 0 bridgehead atoms. The van der Waals surface area contributed by atoms with Gasteiger partial charge in [0.15, 0.2) is 0 Å². The number of carbonyl (C=O) groups excluding carboxylic acids is 2. The Balaban J connectivity index is 1.71. The van der Waals surface area contributed by atoms with Crippen molar-refractivity contribution in [1.82, 2.24) is 9.80 Å². The second-order valence-electron chi connectivity index (χ2n) is 7.77. The first kappa shape index (κ1) is 24.2. The lowest BCUT2D eigenvalue weighted by atomic mass is 10.1. The van der Waals surface area contributed by atoms with Gasteiger partial charge in [-0.05, 0) is 18.6 Å². The van der Waals surface area contributed by atoms with E-state index in [4.69, 9.17) is 0 Å². The van der Waals surface area contributed by atoms with Gasteiger partial charge in [-0.15, -0.1) is 0 Å². The molecule has 1 saturated heterocycles. The third-order valence-electron chi connectivity index (χ3n) is 5.34. The third-order valence-corrected chi connectivity index (χ3v) is 5.34. The monoisotopic (exact) mass is 427 g/mol. The molecule has 0 spiro atoms. The zero-order valence-electron chi connectivity index (χ0n) is 17.6. The molecule has 0 aliphatic carbocycles. The molecule has 1 aliphatic heterocycles. The highest BCUT2D eigenvalue weighted by Crippen LogP contribution is 2.34. The summed E-state index contributed by atoms with van der Waals surface area (Å²) in [5, 5.41) is 2.37. The van der Waals surface area contributed by atoms with E-state index in [1.54, 1.807) is 0 Å². The molecule has 1 N–H and O–H groups in total. The molecule has 0 atom stereocenters. The summed E-state index contributed by atoms with van der Waals surface area (Å²) in [6.45, 7) is 4.34. The van der Waals surface area contributed by atoms with Crippen molar-refractivity contribution in [1.29, 1.82) is 0 Å². The van der Waals surface area contributed by atoms with Gasteiger partial charge in [-0.1, -0.05) is 51.2 Å². The summed E-state index contributed by atoms with van der Waals surface area (Å²) in [5.41, 5.74) is -1.09. The summed E-state index contributed by atoms with van der Waals surface area (Å²) in [7, 11) is 0. The summed E-state index contributed by atoms with van der Waals surface area (Å²) >= 11 is 0. The molecule has 8 heteroatoms. The Morgan fingerprint density at radius 3 is 2.27 bits per heavy atom. The SMILES string of the molecule is CCCCCCCCC(=O)N1CCN(CC(=O)Nc2ccccc2C(F)(F)F)CC1. The Kier molecular flexibility index (Phi) is 9.62. The van der Waals surface area contributed by atoms with Gasteiger partial charge in [-0.3, -0.25) is 14.5 Å². The van der Waals surface area contributed by atoms with Crippen molar-refractivity contribution >= 4 is 17.5 Å². The van der Waals surface area contributed by atoms with E-state index in [-0.39, 0.29) is 18.1 Å². The molecule has 5 nitrogen and oxygen atoms in total. The van der Waals surface area contributed by atoms with Crippen LogP contribution in [0.3, 0.4) is 0 Å². The maximum atomic E-state index is 13.0. The van der Waals surface area contributed by atoms with Crippen LogP contribution in [0.25, 0.3) is 0 Å². The number of benzene rings is 1. The smallest absolute Gasteiger partial charge is 0.340 e. The number of carbonyl (C=O) groups is 2. The van der Waals surface area contributed by atoms with Crippen LogP contribution in [0.2, 0.25) is 0 Å². The van der Waals surface area contributed by atoms with Crippen LogP contribution < -0.4 is 5.32 Å². The zero-order chi connectivity index (χ0) is 22.0. The first-order chi connectivity index (χ1) is 14.3. The Hall–Kier alpha value is -2.09. The van der Waals surface area contributed by atoms with Gasteiger partial charge in [0, 0.05) is 32.6 Å². The number of unbranched alkanes of at least 4 members (excludes halogenated alkanes) is 5. The first-order valence-corrected chi connectivity index (χ1v) is 10.8. The van der Waals surface area contributed by atoms with Crippen molar-refractivity contribution in [3.8, 4) is 0 Å². The van der Waals surface area contributed by atoms with Gasteiger partial charge >= 0.3 is 6.18 Å². The minimum Gasteiger partial charge on any atom is -0.340 e. The number of nitrogens with one attached hydrogen (secondary N) is 1. The Labute approximate surface area is 176 Å². The quantitative estimate of drug-likeness (QED) is 0.558. The predicted octanol–water partition coefficient (Wildman–Crippen LogP) is 4.54. The number of halogens is 3. The third kappa shape index (κ3) is 7.97. The highest BCUT2D eigenvalue weighted by molar-refractivity contribution is 5.93. The van der Waals surface area contributed by atoms with Crippen molar-refractivity contribution in [2.75, 3.05) is 38.0 Å². The lowest BCUT2D eigenvalue weighted by molar-refractivity contribution is -0.137. The van der Waals surface area contributed by atoms with Crippen molar-refractivity contribution < 1.29 is 22.8 Å². The molecule has 168 valence electrons. The first-order valence-electron chi connectivity index (χ1n) is 10.8. The number of hydrogen-bond donors (Lipinski definition) is 1. The van der Waals surface area contributed by atoms with Crippen LogP contribution in [0, 0.1) is 0 Å². The van der Waals surface area contributed by atoms with E-state index in [0.717, 1.165) is 18.9 Å². The molecule has 0 aromatic heterocycles. The largest absolute Gasteiger partial charge is 0.418 e. The van der Waals surface area contributed by atoms with Gasteiger partial charge in [0.25, 0.3) is 0 Å². The molecule has 1 aliphatic rings. The highest BCUT2D eigenvalue weighted by atomic mass is 19.4. The van der Waals surface area contributed by atoms with Gasteiger partial charge in [0.1, 0.15) is 0 Å². The molecular formula is C22H32F3N3O2. The number of anilines is 1. The highest BCUT2D eigenvalue weighted by Gasteiger charge is 2.33. The van der Waals surface area contributed by atoms with E-state index >= 15 is 0 Å². The lowest BCUT2D eigenvalue weighted by Gasteiger charge is -2.34. The van der Waals surface area contributed by atoms with E-state index in [1.165, 1.54) is 43.9 Å². The Morgan fingerprint density at radius 1 is 0.967 bits per heavy atom. The van der Waals surface area contributed by atoms with E-state index < -0.39 is 17.6 Å². The molecule has 2 rings (SSSR count). The van der Waals surface area contributed by atoms with Crippen LogP contribution in [0.1, 0.15) is 57.4 Å². The van der Waals surface area contributed by atoms with Crippen molar-refractivity contribution in [2.45, 2.75) is 58.0 Å². The van der Waals surface area contributed by atoms with E-state index in [0.29, 0.717) is 32.6 Å². The normalized spacial score (nSPS) is 15.3. The van der Waals surface area contributed by atoms with Crippen molar-refractivity contribution in [2.24, 2.45) is 0 Å². The summed E-state index contributed by atoms with van der Waals surface area (Å²) in [6, 6.07) is 4.95. The molecule has 1 fully saturated rings. The van der Waals surface area contributed by atoms with Crippen LogP contribution >= 0.6 is 0 Å². The minimum atomic E-state index is -4.52. The van der Waals surface area contributed by atoms with Crippen LogP contribution in [-0.4, -0.2) is 54.3 Å². The molecular weight excluding hydrogens is 395 g/mol. The van der Waals surface area contributed by atoms with Crippen molar-refractivity contribution in [3.63, 3.8) is 0 Å². The molecule has 30 heavy (non-hydrogen) atoms. The van der Waals surface area contributed by atoms with Crippen molar-refractivity contribution in [3.05, 3.63) is 29.8 Å². The number of piperazine rings is 1. The molecule has 2 amide bonds. The number of alkyl halides is 3. The Morgan fingerprint density at radius 2 is 1.60 bits per heavy atom. The van der Waals surface area contributed by atoms with Gasteiger partial charge in [-0.25, -0.2) is 0 Å². The number of nitrogens with zero attached hydrogens (tertiary/aromatic N) is 2. The number of amides is 2. The molecule has 1 aromatic rings. The second kappa shape index (κ2) is 11.9. The minimum absolute atomic E-state index is 0.00561. The molecule has 1 aromatic carbocycles. The van der Waals surface area contributed by atoms with E-state index in [2.05, 4.69) is 12.2 Å². The molecule has 1 heterocycles.